The molecule has 0 unspecified atom stereocenters. The summed E-state index contributed by atoms with van der Waals surface area (Å²) in [5.41, 5.74) is 0. The van der Waals surface area contributed by atoms with Gasteiger partial charge in [0.2, 0.25) is 5.91 Å². The van der Waals surface area contributed by atoms with E-state index in [1.807, 2.05) is 6.92 Å². The maximum absolute atomic E-state index is 11.0. The highest BCUT2D eigenvalue weighted by Gasteiger charge is 2.12. The van der Waals surface area contributed by atoms with Crippen LogP contribution in [-0.4, -0.2) is 118 Å². The van der Waals surface area contributed by atoms with Crippen LogP contribution in [0.4, 0.5) is 0 Å². The average molecular weight is 465 g/mol. The summed E-state index contributed by atoms with van der Waals surface area (Å²) in [6.07, 6.45) is 3.04. The third-order valence-corrected chi connectivity index (χ3v) is 4.62. The fraction of sp³-hybridized carbons (Fsp3) is 0.955. The summed E-state index contributed by atoms with van der Waals surface area (Å²) in [5, 5.41) is 6.07. The first-order valence-electron chi connectivity index (χ1n) is 11.9. The lowest BCUT2D eigenvalue weighted by molar-refractivity contribution is -0.121. The summed E-state index contributed by atoms with van der Waals surface area (Å²) >= 11 is 0. The molecular formula is C22H44N2O8. The molecule has 10 heteroatoms. The van der Waals surface area contributed by atoms with Crippen LogP contribution in [0.25, 0.3) is 0 Å². The Morgan fingerprint density at radius 2 is 1.09 bits per heavy atom. The molecule has 1 rings (SSSR count). The fourth-order valence-corrected chi connectivity index (χ4v) is 2.83. The first-order valence-corrected chi connectivity index (χ1v) is 11.9. The summed E-state index contributed by atoms with van der Waals surface area (Å²) in [6.45, 7) is 11.5. The number of carbonyl (C=O) groups excluding carboxylic acids is 1. The molecule has 0 radical (unpaired) electrons. The molecule has 0 aromatic heterocycles. The van der Waals surface area contributed by atoms with Gasteiger partial charge >= 0.3 is 0 Å². The average Bonchev–Trinajstić information content (AvgIpc) is 2.82. The van der Waals surface area contributed by atoms with Gasteiger partial charge in [0.1, 0.15) is 0 Å². The predicted molar refractivity (Wildman–Crippen MR) is 120 cm³/mol. The molecule has 32 heavy (non-hydrogen) atoms. The van der Waals surface area contributed by atoms with Crippen LogP contribution in [0.1, 0.15) is 26.2 Å². The van der Waals surface area contributed by atoms with Crippen molar-refractivity contribution in [3.05, 3.63) is 0 Å². The lowest BCUT2D eigenvalue weighted by Crippen LogP contribution is -2.33. The van der Waals surface area contributed by atoms with Crippen molar-refractivity contribution in [2.75, 3.05) is 106 Å². The van der Waals surface area contributed by atoms with Gasteiger partial charge in [-0.2, -0.15) is 0 Å². The minimum Gasteiger partial charge on any atom is -0.377 e. The van der Waals surface area contributed by atoms with E-state index in [0.717, 1.165) is 25.9 Å². The number of amides is 1. The van der Waals surface area contributed by atoms with Gasteiger partial charge in [-0.25, -0.2) is 0 Å². The van der Waals surface area contributed by atoms with Gasteiger partial charge in [-0.1, -0.05) is 6.92 Å². The Kier molecular flexibility index (Phi) is 21.3. The van der Waals surface area contributed by atoms with E-state index in [-0.39, 0.29) is 5.91 Å². The highest BCUT2D eigenvalue weighted by Crippen LogP contribution is 2.06. The molecule has 1 aliphatic heterocycles. The second kappa shape index (κ2) is 23.3. The molecule has 1 saturated heterocycles. The van der Waals surface area contributed by atoms with Crippen molar-refractivity contribution in [1.82, 2.24) is 10.6 Å². The predicted octanol–water partition coefficient (Wildman–Crippen LogP) is 0.381. The minimum atomic E-state index is 0.0351. The Balaban J connectivity index is 1.64. The summed E-state index contributed by atoms with van der Waals surface area (Å²) in [4.78, 5) is 11.0. The second-order valence-corrected chi connectivity index (χ2v) is 7.20. The molecule has 0 aliphatic carbocycles. The van der Waals surface area contributed by atoms with Gasteiger partial charge in [0.05, 0.1) is 92.0 Å². The van der Waals surface area contributed by atoms with Gasteiger partial charge in [-0.3, -0.25) is 4.79 Å². The summed E-state index contributed by atoms with van der Waals surface area (Å²) in [5.74, 6) is 0.0351. The van der Waals surface area contributed by atoms with E-state index in [1.165, 1.54) is 0 Å². The molecule has 2 N–H and O–H groups in total. The van der Waals surface area contributed by atoms with Crippen molar-refractivity contribution in [3.8, 4) is 0 Å². The number of rotatable bonds is 23. The van der Waals surface area contributed by atoms with Gasteiger partial charge < -0.3 is 43.8 Å². The van der Waals surface area contributed by atoms with Gasteiger partial charge in [-0.15, -0.1) is 0 Å². The van der Waals surface area contributed by atoms with Gasteiger partial charge in [0, 0.05) is 13.0 Å². The molecule has 0 aromatic rings. The molecule has 0 spiro atoms. The Bertz CT molecular complexity index is 411. The van der Waals surface area contributed by atoms with E-state index in [4.69, 9.17) is 33.2 Å². The lowest BCUT2D eigenvalue weighted by Gasteiger charge is -2.22. The summed E-state index contributed by atoms with van der Waals surface area (Å²) in [7, 11) is 0. The van der Waals surface area contributed by atoms with E-state index in [1.54, 1.807) is 0 Å². The van der Waals surface area contributed by atoms with Crippen LogP contribution in [0, 0.1) is 0 Å². The maximum Gasteiger partial charge on any atom is 0.219 e. The number of piperidine rings is 1. The maximum atomic E-state index is 11.0. The lowest BCUT2D eigenvalue weighted by atomic mass is 10.1. The molecular weight excluding hydrogens is 420 g/mol. The van der Waals surface area contributed by atoms with Crippen LogP contribution in [0.2, 0.25) is 0 Å². The summed E-state index contributed by atoms with van der Waals surface area (Å²) < 4.78 is 38.4. The Morgan fingerprint density at radius 3 is 1.53 bits per heavy atom. The van der Waals surface area contributed by atoms with Crippen molar-refractivity contribution in [2.45, 2.75) is 32.3 Å². The van der Waals surface area contributed by atoms with E-state index in [2.05, 4.69) is 10.6 Å². The first kappa shape index (κ1) is 29.2. The van der Waals surface area contributed by atoms with E-state index < -0.39 is 0 Å². The fourth-order valence-electron chi connectivity index (χ4n) is 2.83. The van der Waals surface area contributed by atoms with Crippen molar-refractivity contribution in [3.63, 3.8) is 0 Å². The Labute approximate surface area is 192 Å². The van der Waals surface area contributed by atoms with Crippen LogP contribution in [0.5, 0.6) is 0 Å². The van der Waals surface area contributed by atoms with Crippen molar-refractivity contribution in [1.29, 1.82) is 0 Å². The summed E-state index contributed by atoms with van der Waals surface area (Å²) in [6, 6.07) is 0. The SMILES string of the molecule is CCC(=O)NCCOCCOCCOCCOCCOCCOCCOC1CCNCC1. The van der Waals surface area contributed by atoms with Crippen LogP contribution >= 0.6 is 0 Å². The number of carbonyl (C=O) groups is 1. The highest BCUT2D eigenvalue weighted by molar-refractivity contribution is 5.75. The number of hydrogen-bond donors (Lipinski definition) is 2. The van der Waals surface area contributed by atoms with E-state index in [9.17, 15) is 4.79 Å². The number of ether oxygens (including phenoxy) is 7. The number of hydrogen-bond acceptors (Lipinski definition) is 9. The van der Waals surface area contributed by atoms with Crippen LogP contribution in [0.3, 0.4) is 0 Å². The topological polar surface area (TPSA) is 106 Å². The molecule has 190 valence electrons. The highest BCUT2D eigenvalue weighted by atomic mass is 16.6. The molecule has 1 fully saturated rings. The molecule has 0 bridgehead atoms. The zero-order valence-corrected chi connectivity index (χ0v) is 19.8. The van der Waals surface area contributed by atoms with Crippen molar-refractivity contribution < 1.29 is 38.0 Å². The zero-order chi connectivity index (χ0) is 23.0. The monoisotopic (exact) mass is 464 g/mol. The van der Waals surface area contributed by atoms with Crippen LogP contribution < -0.4 is 10.6 Å². The molecule has 0 atom stereocenters. The van der Waals surface area contributed by atoms with E-state index in [0.29, 0.717) is 105 Å². The quantitative estimate of drug-likeness (QED) is 0.208. The molecule has 1 amide bonds. The smallest absolute Gasteiger partial charge is 0.219 e. The zero-order valence-electron chi connectivity index (χ0n) is 19.8. The van der Waals surface area contributed by atoms with E-state index >= 15 is 0 Å². The molecule has 1 heterocycles. The Hall–Kier alpha value is -0.850. The van der Waals surface area contributed by atoms with Gasteiger partial charge in [0.15, 0.2) is 0 Å². The van der Waals surface area contributed by atoms with Crippen molar-refractivity contribution in [2.24, 2.45) is 0 Å². The molecule has 0 saturated carbocycles. The van der Waals surface area contributed by atoms with Crippen molar-refractivity contribution >= 4 is 5.91 Å². The third kappa shape index (κ3) is 19.8. The molecule has 0 aromatic carbocycles. The third-order valence-electron chi connectivity index (χ3n) is 4.62. The van der Waals surface area contributed by atoms with Gasteiger partial charge in [-0.05, 0) is 25.9 Å². The Morgan fingerprint density at radius 1 is 0.688 bits per heavy atom. The van der Waals surface area contributed by atoms with Gasteiger partial charge in [0.25, 0.3) is 0 Å². The van der Waals surface area contributed by atoms with Crippen LogP contribution in [0.15, 0.2) is 0 Å². The largest absolute Gasteiger partial charge is 0.377 e. The number of nitrogens with one attached hydrogen (secondary N) is 2. The normalized spacial score (nSPS) is 14.7. The minimum absolute atomic E-state index is 0.0351. The standard InChI is InChI=1S/C22H44N2O8/c1-2-22(25)24-7-8-26-9-10-27-11-12-28-13-14-29-15-16-30-17-18-31-19-20-32-21-3-5-23-6-4-21/h21,23H,2-20H2,1H3,(H,24,25). The molecule has 10 nitrogen and oxygen atoms in total. The van der Waals surface area contributed by atoms with Crippen LogP contribution in [-0.2, 0) is 38.0 Å². The first-order chi connectivity index (χ1) is 15.8. The molecule has 1 aliphatic rings. The second-order valence-electron chi connectivity index (χ2n) is 7.20.